The molecule has 1 aliphatic rings. The number of para-hydroxylation sites is 1. The van der Waals surface area contributed by atoms with Gasteiger partial charge in [0, 0.05) is 6.42 Å². The van der Waals surface area contributed by atoms with Gasteiger partial charge in [-0.25, -0.2) is 4.90 Å². The van der Waals surface area contributed by atoms with Crippen LogP contribution in [-0.4, -0.2) is 28.7 Å². The van der Waals surface area contributed by atoms with Gasteiger partial charge in [-0.3, -0.25) is 14.4 Å². The van der Waals surface area contributed by atoms with Crippen molar-refractivity contribution in [3.8, 4) is 0 Å². The monoisotopic (exact) mass is 382 g/mol. The van der Waals surface area contributed by atoms with Crippen LogP contribution in [0, 0.1) is 0 Å². The summed E-state index contributed by atoms with van der Waals surface area (Å²) >= 11 is 1.21. The van der Waals surface area contributed by atoms with Crippen molar-refractivity contribution in [1.29, 1.82) is 0 Å². The molecule has 0 bridgehead atoms. The fraction of sp³-hybridized carbons (Fsp3) is 0.286. The quantitative estimate of drug-likeness (QED) is 0.780. The summed E-state index contributed by atoms with van der Waals surface area (Å²) in [6.45, 7) is 3.87. The van der Waals surface area contributed by atoms with Crippen LogP contribution in [0.5, 0.6) is 0 Å². The largest absolute Gasteiger partial charge is 0.346 e. The molecule has 5 nitrogen and oxygen atoms in total. The zero-order valence-electron chi connectivity index (χ0n) is 15.3. The minimum absolute atomic E-state index is 0.119. The minimum Gasteiger partial charge on any atom is -0.346 e. The van der Waals surface area contributed by atoms with E-state index >= 15 is 0 Å². The third-order valence-corrected chi connectivity index (χ3v) is 5.68. The number of nitrogens with one attached hydrogen (secondary N) is 1. The third kappa shape index (κ3) is 4.39. The Kier molecular flexibility index (Phi) is 5.65. The van der Waals surface area contributed by atoms with Crippen LogP contribution in [0.2, 0.25) is 0 Å². The molecule has 1 N–H and O–H groups in total. The Labute approximate surface area is 163 Å². The van der Waals surface area contributed by atoms with Gasteiger partial charge in [0.05, 0.1) is 22.2 Å². The van der Waals surface area contributed by atoms with E-state index in [1.165, 1.54) is 16.7 Å². The number of carbonyl (C=O) groups excluding carboxylic acids is 3. The van der Waals surface area contributed by atoms with Crippen molar-refractivity contribution in [1.82, 2.24) is 5.32 Å². The van der Waals surface area contributed by atoms with Crippen LogP contribution in [0.4, 0.5) is 5.69 Å². The normalized spacial score (nSPS) is 17.3. The van der Waals surface area contributed by atoms with Gasteiger partial charge in [-0.2, -0.15) is 0 Å². The minimum atomic E-state index is -0.525. The molecule has 1 aliphatic heterocycles. The van der Waals surface area contributed by atoms with Crippen molar-refractivity contribution in [3.63, 3.8) is 0 Å². The van der Waals surface area contributed by atoms with E-state index in [-0.39, 0.29) is 29.9 Å². The number of carbonyl (C=O) groups is 3. The maximum atomic E-state index is 12.6. The van der Waals surface area contributed by atoms with Gasteiger partial charge in [-0.05, 0) is 31.5 Å². The predicted octanol–water partition coefficient (Wildman–Crippen LogP) is 3.10. The zero-order valence-corrected chi connectivity index (χ0v) is 16.2. The van der Waals surface area contributed by atoms with E-state index in [0.29, 0.717) is 5.69 Å². The average Bonchev–Trinajstić information content (AvgIpc) is 2.94. The summed E-state index contributed by atoms with van der Waals surface area (Å²) in [7, 11) is 0. The Balaban J connectivity index is 1.58. The molecule has 1 atom stereocenters. The molecule has 1 fully saturated rings. The van der Waals surface area contributed by atoms with Gasteiger partial charge < -0.3 is 5.32 Å². The molecule has 6 heteroatoms. The molecule has 0 radical (unpaired) electrons. The topological polar surface area (TPSA) is 66.5 Å². The first kappa shape index (κ1) is 19.2. The zero-order chi connectivity index (χ0) is 19.4. The second-order valence-corrected chi connectivity index (χ2v) is 8.14. The van der Waals surface area contributed by atoms with Gasteiger partial charge in [-0.15, -0.1) is 11.8 Å². The first-order valence-electron chi connectivity index (χ1n) is 8.78. The first-order valence-corrected chi connectivity index (χ1v) is 9.83. The van der Waals surface area contributed by atoms with E-state index < -0.39 is 10.8 Å². The molecule has 1 saturated heterocycles. The van der Waals surface area contributed by atoms with E-state index in [9.17, 15) is 14.4 Å². The molecule has 140 valence electrons. The number of hydrogen-bond acceptors (Lipinski definition) is 4. The van der Waals surface area contributed by atoms with Gasteiger partial charge in [0.15, 0.2) is 0 Å². The number of nitrogens with zero attached hydrogens (tertiary/aromatic N) is 1. The van der Waals surface area contributed by atoms with Crippen molar-refractivity contribution >= 4 is 35.2 Å². The lowest BCUT2D eigenvalue weighted by Crippen LogP contribution is -2.42. The van der Waals surface area contributed by atoms with Gasteiger partial charge in [0.25, 0.3) is 0 Å². The first-order chi connectivity index (χ1) is 12.9. The van der Waals surface area contributed by atoms with Gasteiger partial charge in [0.2, 0.25) is 17.7 Å². The summed E-state index contributed by atoms with van der Waals surface area (Å²) in [5.74, 6) is -0.518. The Hall–Kier alpha value is -2.60. The van der Waals surface area contributed by atoms with Gasteiger partial charge >= 0.3 is 0 Å². The lowest BCUT2D eigenvalue weighted by molar-refractivity contribution is -0.121. The van der Waals surface area contributed by atoms with E-state index in [4.69, 9.17) is 0 Å². The highest BCUT2D eigenvalue weighted by molar-refractivity contribution is 8.01. The Morgan fingerprint density at radius 1 is 1.07 bits per heavy atom. The molecule has 2 aromatic carbocycles. The fourth-order valence-corrected chi connectivity index (χ4v) is 4.00. The van der Waals surface area contributed by atoms with Crippen LogP contribution < -0.4 is 10.2 Å². The van der Waals surface area contributed by atoms with Crippen LogP contribution in [-0.2, 0) is 19.9 Å². The highest BCUT2D eigenvalue weighted by atomic mass is 32.2. The number of anilines is 1. The molecule has 2 aromatic rings. The van der Waals surface area contributed by atoms with Crippen molar-refractivity contribution < 1.29 is 14.4 Å². The molecular formula is C21H22N2O3S. The number of amides is 3. The molecule has 1 heterocycles. The number of imide groups is 1. The highest BCUT2D eigenvalue weighted by Gasteiger charge is 2.40. The Morgan fingerprint density at radius 3 is 2.30 bits per heavy atom. The number of thioether (sulfide) groups is 1. The summed E-state index contributed by atoms with van der Waals surface area (Å²) in [6.07, 6.45) is 0.119. The van der Waals surface area contributed by atoms with Gasteiger partial charge in [0.1, 0.15) is 0 Å². The molecule has 0 saturated carbocycles. The number of rotatable bonds is 6. The molecule has 0 spiro atoms. The lowest BCUT2D eigenvalue weighted by Gasteiger charge is -2.27. The van der Waals surface area contributed by atoms with Crippen molar-refractivity contribution in [2.75, 3.05) is 10.7 Å². The molecule has 1 unspecified atom stereocenters. The summed E-state index contributed by atoms with van der Waals surface area (Å²) in [4.78, 5) is 38.4. The van der Waals surface area contributed by atoms with Crippen LogP contribution >= 0.6 is 11.8 Å². The Morgan fingerprint density at radius 2 is 1.67 bits per heavy atom. The van der Waals surface area contributed by atoms with E-state index in [0.717, 1.165) is 5.56 Å². The molecule has 3 amide bonds. The summed E-state index contributed by atoms with van der Waals surface area (Å²) < 4.78 is 0. The molecular weight excluding hydrogens is 360 g/mol. The predicted molar refractivity (Wildman–Crippen MR) is 107 cm³/mol. The standard InChI is InChI=1S/C21H22N2O3S/c1-21(2,15-9-5-3-6-10-15)22-18(24)14-27-17-13-19(25)23(20(17)26)16-11-7-4-8-12-16/h3-12,17H,13-14H2,1-2H3,(H,22,24). The van der Waals surface area contributed by atoms with E-state index in [1.54, 1.807) is 24.3 Å². The fourth-order valence-electron chi connectivity index (χ4n) is 3.07. The van der Waals surface area contributed by atoms with Crippen molar-refractivity contribution in [2.24, 2.45) is 0 Å². The highest BCUT2D eigenvalue weighted by Crippen LogP contribution is 2.29. The summed E-state index contributed by atoms with van der Waals surface area (Å²) in [5, 5.41) is 2.47. The average molecular weight is 382 g/mol. The summed E-state index contributed by atoms with van der Waals surface area (Å²) in [6, 6.07) is 18.6. The lowest BCUT2D eigenvalue weighted by atomic mass is 9.94. The van der Waals surface area contributed by atoms with Crippen molar-refractivity contribution in [3.05, 3.63) is 66.2 Å². The smallest absolute Gasteiger partial charge is 0.247 e. The second-order valence-electron chi connectivity index (χ2n) is 6.95. The third-order valence-electron chi connectivity index (χ3n) is 4.48. The van der Waals surface area contributed by atoms with E-state index in [1.807, 2.05) is 50.2 Å². The molecule has 3 rings (SSSR count). The Bertz CT molecular complexity index is 837. The van der Waals surface area contributed by atoms with Crippen LogP contribution in [0.15, 0.2) is 60.7 Å². The number of benzene rings is 2. The van der Waals surface area contributed by atoms with Crippen molar-refractivity contribution in [2.45, 2.75) is 31.1 Å². The molecule has 0 aromatic heterocycles. The van der Waals surface area contributed by atoms with Crippen LogP contribution in [0.25, 0.3) is 0 Å². The summed E-state index contributed by atoms with van der Waals surface area (Å²) in [5.41, 5.74) is 1.07. The molecule has 0 aliphatic carbocycles. The van der Waals surface area contributed by atoms with E-state index in [2.05, 4.69) is 5.32 Å². The van der Waals surface area contributed by atoms with Crippen LogP contribution in [0.1, 0.15) is 25.8 Å². The maximum Gasteiger partial charge on any atom is 0.247 e. The molecule has 27 heavy (non-hydrogen) atoms. The number of hydrogen-bond donors (Lipinski definition) is 1. The van der Waals surface area contributed by atoms with Crippen LogP contribution in [0.3, 0.4) is 0 Å². The SMILES string of the molecule is CC(C)(NC(=O)CSC1CC(=O)N(c2ccccc2)C1=O)c1ccccc1. The van der Waals surface area contributed by atoms with Gasteiger partial charge in [-0.1, -0.05) is 48.5 Å². The maximum absolute atomic E-state index is 12.6. The second kappa shape index (κ2) is 7.96.